The normalized spacial score (nSPS) is 17.7. The van der Waals surface area contributed by atoms with E-state index in [1.54, 1.807) is 18.2 Å². The molecule has 0 bridgehead atoms. The highest BCUT2D eigenvalue weighted by molar-refractivity contribution is 7.15. The summed E-state index contributed by atoms with van der Waals surface area (Å²) in [5, 5.41) is 12.1. The number of methoxy groups -OCH3 is 1. The van der Waals surface area contributed by atoms with Gasteiger partial charge < -0.3 is 9.47 Å². The lowest BCUT2D eigenvalue weighted by atomic mass is 10.2. The number of nitrogens with one attached hydrogen (secondary N) is 1. The van der Waals surface area contributed by atoms with E-state index in [4.69, 9.17) is 9.47 Å². The van der Waals surface area contributed by atoms with Crippen LogP contribution in [0.3, 0.4) is 0 Å². The highest BCUT2D eigenvalue weighted by Gasteiger charge is 2.22. The average Bonchev–Trinajstić information content (AvgIpc) is 3.17. The lowest BCUT2D eigenvalue weighted by Crippen LogP contribution is -2.12. The van der Waals surface area contributed by atoms with Gasteiger partial charge in [-0.15, -0.1) is 10.2 Å². The SMILES string of the molecule is COc1ccccc1C(=O)Nc1nnc([C@@H]2CCCO2)s1. The summed E-state index contributed by atoms with van der Waals surface area (Å²) >= 11 is 1.35. The van der Waals surface area contributed by atoms with E-state index >= 15 is 0 Å². The Bertz CT molecular complexity index is 638. The smallest absolute Gasteiger partial charge is 0.261 e. The lowest BCUT2D eigenvalue weighted by Gasteiger charge is -2.06. The number of anilines is 1. The molecule has 1 fully saturated rings. The fraction of sp³-hybridized carbons (Fsp3) is 0.357. The third-order valence-electron chi connectivity index (χ3n) is 3.22. The minimum atomic E-state index is -0.262. The number of benzene rings is 1. The Kier molecular flexibility index (Phi) is 4.12. The number of hydrogen-bond donors (Lipinski definition) is 1. The van der Waals surface area contributed by atoms with Crippen LogP contribution in [0, 0.1) is 0 Å². The molecule has 21 heavy (non-hydrogen) atoms. The van der Waals surface area contributed by atoms with Crippen LogP contribution in [-0.2, 0) is 4.74 Å². The van der Waals surface area contributed by atoms with E-state index in [-0.39, 0.29) is 12.0 Å². The van der Waals surface area contributed by atoms with E-state index in [0.29, 0.717) is 16.4 Å². The standard InChI is InChI=1S/C14H15N3O3S/c1-19-10-6-3-2-5-9(10)12(18)15-14-17-16-13(21-14)11-7-4-8-20-11/h2-3,5-6,11H,4,7-8H2,1H3,(H,15,17,18)/t11-/m0/s1. The predicted molar refractivity (Wildman–Crippen MR) is 78.8 cm³/mol. The van der Waals surface area contributed by atoms with Crippen molar-refractivity contribution < 1.29 is 14.3 Å². The summed E-state index contributed by atoms with van der Waals surface area (Å²) in [6.45, 7) is 0.757. The molecule has 1 N–H and O–H groups in total. The predicted octanol–water partition coefficient (Wildman–Crippen LogP) is 2.65. The van der Waals surface area contributed by atoms with Crippen LogP contribution in [0.2, 0.25) is 0 Å². The van der Waals surface area contributed by atoms with Crippen molar-refractivity contribution in [3.63, 3.8) is 0 Å². The molecule has 1 aromatic carbocycles. The van der Waals surface area contributed by atoms with Crippen molar-refractivity contribution in [3.05, 3.63) is 34.8 Å². The molecular formula is C14H15N3O3S. The lowest BCUT2D eigenvalue weighted by molar-refractivity contribution is 0.102. The number of carbonyl (C=O) groups excluding carboxylic acids is 1. The molecule has 0 spiro atoms. The van der Waals surface area contributed by atoms with E-state index in [1.807, 2.05) is 6.07 Å². The third kappa shape index (κ3) is 3.03. The number of para-hydroxylation sites is 1. The first-order valence-corrected chi connectivity index (χ1v) is 7.49. The second-order valence-corrected chi connectivity index (χ2v) is 5.61. The molecule has 2 heterocycles. The molecule has 110 valence electrons. The fourth-order valence-corrected chi connectivity index (χ4v) is 3.01. The maximum atomic E-state index is 12.2. The number of aromatic nitrogens is 2. The zero-order valence-corrected chi connectivity index (χ0v) is 12.4. The highest BCUT2D eigenvalue weighted by atomic mass is 32.1. The van der Waals surface area contributed by atoms with Gasteiger partial charge in [0.05, 0.1) is 12.7 Å². The van der Waals surface area contributed by atoms with Gasteiger partial charge in [-0.2, -0.15) is 0 Å². The Morgan fingerprint density at radius 1 is 1.43 bits per heavy atom. The van der Waals surface area contributed by atoms with E-state index < -0.39 is 0 Å². The topological polar surface area (TPSA) is 73.3 Å². The molecule has 1 aromatic heterocycles. The van der Waals surface area contributed by atoms with Crippen LogP contribution in [0.5, 0.6) is 5.75 Å². The van der Waals surface area contributed by atoms with Gasteiger partial charge in [0.15, 0.2) is 0 Å². The van der Waals surface area contributed by atoms with Crippen LogP contribution in [0.15, 0.2) is 24.3 Å². The number of carbonyl (C=O) groups is 1. The molecule has 2 aromatic rings. The number of rotatable bonds is 4. The molecule has 1 atom stereocenters. The van der Waals surface area contributed by atoms with Crippen molar-refractivity contribution in [2.45, 2.75) is 18.9 Å². The molecule has 0 aliphatic carbocycles. The highest BCUT2D eigenvalue weighted by Crippen LogP contribution is 2.32. The fourth-order valence-electron chi connectivity index (χ4n) is 2.18. The Balaban J connectivity index is 1.72. The van der Waals surface area contributed by atoms with Crippen molar-refractivity contribution in [3.8, 4) is 5.75 Å². The Morgan fingerprint density at radius 3 is 3.05 bits per heavy atom. The number of nitrogens with zero attached hydrogens (tertiary/aromatic N) is 2. The van der Waals surface area contributed by atoms with E-state index in [1.165, 1.54) is 18.4 Å². The van der Waals surface area contributed by atoms with Crippen molar-refractivity contribution >= 4 is 22.4 Å². The van der Waals surface area contributed by atoms with Gasteiger partial charge in [0, 0.05) is 6.61 Å². The second-order valence-electron chi connectivity index (χ2n) is 4.60. The second kappa shape index (κ2) is 6.19. The number of ether oxygens (including phenoxy) is 2. The van der Waals surface area contributed by atoms with E-state index in [0.717, 1.165) is 24.5 Å². The van der Waals surface area contributed by atoms with Crippen LogP contribution in [0.25, 0.3) is 0 Å². The van der Waals surface area contributed by atoms with Gasteiger partial charge in [-0.05, 0) is 25.0 Å². The third-order valence-corrected chi connectivity index (χ3v) is 4.15. The van der Waals surface area contributed by atoms with E-state index in [9.17, 15) is 4.79 Å². The van der Waals surface area contributed by atoms with Gasteiger partial charge in [0.1, 0.15) is 16.9 Å². The zero-order chi connectivity index (χ0) is 14.7. The molecule has 7 heteroatoms. The first kappa shape index (κ1) is 14.0. The Hall–Kier alpha value is -1.99. The van der Waals surface area contributed by atoms with Crippen LogP contribution < -0.4 is 10.1 Å². The van der Waals surface area contributed by atoms with Crippen LogP contribution in [0.1, 0.15) is 34.3 Å². The van der Waals surface area contributed by atoms with Crippen molar-refractivity contribution in [2.24, 2.45) is 0 Å². The first-order valence-electron chi connectivity index (χ1n) is 6.67. The van der Waals surface area contributed by atoms with Crippen LogP contribution >= 0.6 is 11.3 Å². The van der Waals surface area contributed by atoms with Gasteiger partial charge in [-0.25, -0.2) is 0 Å². The van der Waals surface area contributed by atoms with Crippen molar-refractivity contribution in [2.75, 3.05) is 19.0 Å². The summed E-state index contributed by atoms with van der Waals surface area (Å²) in [6, 6.07) is 7.05. The summed E-state index contributed by atoms with van der Waals surface area (Å²) in [6.07, 6.45) is 2.00. The minimum Gasteiger partial charge on any atom is -0.496 e. The van der Waals surface area contributed by atoms with Gasteiger partial charge in [-0.1, -0.05) is 23.5 Å². The molecular weight excluding hydrogens is 290 g/mol. The van der Waals surface area contributed by atoms with Crippen molar-refractivity contribution in [1.29, 1.82) is 0 Å². The maximum Gasteiger partial charge on any atom is 0.261 e. The molecule has 1 saturated heterocycles. The number of hydrogen-bond acceptors (Lipinski definition) is 6. The van der Waals surface area contributed by atoms with Crippen LogP contribution in [-0.4, -0.2) is 29.8 Å². The Morgan fingerprint density at radius 2 is 2.29 bits per heavy atom. The van der Waals surface area contributed by atoms with Crippen molar-refractivity contribution in [1.82, 2.24) is 10.2 Å². The average molecular weight is 305 g/mol. The Labute approximate surface area is 126 Å². The quantitative estimate of drug-likeness (QED) is 0.940. The first-order chi connectivity index (χ1) is 10.3. The monoisotopic (exact) mass is 305 g/mol. The number of amides is 1. The molecule has 1 aliphatic heterocycles. The molecule has 1 amide bonds. The van der Waals surface area contributed by atoms with Crippen LogP contribution in [0.4, 0.5) is 5.13 Å². The largest absolute Gasteiger partial charge is 0.496 e. The molecule has 3 rings (SSSR count). The molecule has 0 saturated carbocycles. The van der Waals surface area contributed by atoms with Gasteiger partial charge >= 0.3 is 0 Å². The molecule has 0 radical (unpaired) electrons. The van der Waals surface area contributed by atoms with E-state index in [2.05, 4.69) is 15.5 Å². The minimum absolute atomic E-state index is 0.0133. The summed E-state index contributed by atoms with van der Waals surface area (Å²) in [7, 11) is 1.53. The summed E-state index contributed by atoms with van der Waals surface area (Å²) in [5.41, 5.74) is 0.467. The summed E-state index contributed by atoms with van der Waals surface area (Å²) in [4.78, 5) is 12.2. The molecule has 6 nitrogen and oxygen atoms in total. The van der Waals surface area contributed by atoms with Gasteiger partial charge in [-0.3, -0.25) is 10.1 Å². The molecule has 0 unspecified atom stereocenters. The van der Waals surface area contributed by atoms with Gasteiger partial charge in [0.25, 0.3) is 5.91 Å². The maximum absolute atomic E-state index is 12.2. The summed E-state index contributed by atoms with van der Waals surface area (Å²) in [5.74, 6) is 0.265. The molecule has 1 aliphatic rings. The van der Waals surface area contributed by atoms with Gasteiger partial charge in [0.2, 0.25) is 5.13 Å². The summed E-state index contributed by atoms with van der Waals surface area (Å²) < 4.78 is 10.7. The zero-order valence-electron chi connectivity index (χ0n) is 11.5.